The van der Waals surface area contributed by atoms with Crippen molar-refractivity contribution < 1.29 is 9.47 Å². The Labute approximate surface area is 130 Å². The zero-order valence-corrected chi connectivity index (χ0v) is 13.5. The van der Waals surface area contributed by atoms with E-state index < -0.39 is 0 Å². The van der Waals surface area contributed by atoms with E-state index in [0.717, 1.165) is 27.6 Å². The topological polar surface area (TPSA) is 30.5 Å². The summed E-state index contributed by atoms with van der Waals surface area (Å²) in [5.74, 6) is 1.54. The summed E-state index contributed by atoms with van der Waals surface area (Å²) in [4.78, 5) is 0. The van der Waals surface area contributed by atoms with Crippen molar-refractivity contribution >= 4 is 11.6 Å². The Morgan fingerprint density at radius 1 is 1.00 bits per heavy atom. The molecule has 112 valence electrons. The second kappa shape index (κ2) is 6.83. The predicted molar refractivity (Wildman–Crippen MR) is 86.6 cm³/mol. The average molecular weight is 306 g/mol. The second-order valence-corrected chi connectivity index (χ2v) is 5.31. The van der Waals surface area contributed by atoms with Gasteiger partial charge in [-0.05, 0) is 54.9 Å². The number of rotatable bonds is 5. The van der Waals surface area contributed by atoms with Gasteiger partial charge in [0.15, 0.2) is 0 Å². The lowest BCUT2D eigenvalue weighted by Crippen LogP contribution is -2.19. The molecule has 2 aromatic rings. The number of aryl methyl sites for hydroxylation is 1. The summed E-state index contributed by atoms with van der Waals surface area (Å²) >= 11 is 6.15. The van der Waals surface area contributed by atoms with Gasteiger partial charge in [0.25, 0.3) is 0 Å². The molecule has 2 aromatic carbocycles. The van der Waals surface area contributed by atoms with Crippen molar-refractivity contribution in [2.45, 2.75) is 13.0 Å². The van der Waals surface area contributed by atoms with Crippen molar-refractivity contribution in [3.63, 3.8) is 0 Å². The normalized spacial score (nSPS) is 12.0. The standard InChI is InChI=1S/C17H20ClNO2/c1-11-5-6-13(18)9-16(11)17(19-2)12-7-14(20-3)10-15(8-12)21-4/h5-10,17,19H,1-4H3. The van der Waals surface area contributed by atoms with Crippen LogP contribution in [-0.4, -0.2) is 21.3 Å². The average Bonchev–Trinajstić information content (AvgIpc) is 2.51. The van der Waals surface area contributed by atoms with E-state index in [9.17, 15) is 0 Å². The van der Waals surface area contributed by atoms with E-state index >= 15 is 0 Å². The molecule has 0 aliphatic rings. The van der Waals surface area contributed by atoms with Crippen LogP contribution in [0.1, 0.15) is 22.7 Å². The fourth-order valence-corrected chi connectivity index (χ4v) is 2.60. The van der Waals surface area contributed by atoms with Gasteiger partial charge >= 0.3 is 0 Å². The third-order valence-electron chi connectivity index (χ3n) is 3.55. The van der Waals surface area contributed by atoms with E-state index in [1.165, 1.54) is 5.56 Å². The van der Waals surface area contributed by atoms with Crippen molar-refractivity contribution in [2.75, 3.05) is 21.3 Å². The lowest BCUT2D eigenvalue weighted by atomic mass is 9.95. The summed E-state index contributed by atoms with van der Waals surface area (Å²) in [6, 6.07) is 11.8. The minimum absolute atomic E-state index is 0.0210. The summed E-state index contributed by atoms with van der Waals surface area (Å²) in [6.45, 7) is 2.08. The first-order valence-electron chi connectivity index (χ1n) is 6.75. The molecule has 0 spiro atoms. The fourth-order valence-electron chi connectivity index (χ4n) is 2.42. The highest BCUT2D eigenvalue weighted by molar-refractivity contribution is 6.30. The SMILES string of the molecule is CNC(c1cc(OC)cc(OC)c1)c1cc(Cl)ccc1C. The molecule has 0 radical (unpaired) electrons. The van der Waals surface area contributed by atoms with Crippen molar-refractivity contribution in [3.8, 4) is 11.5 Å². The summed E-state index contributed by atoms with van der Waals surface area (Å²) in [5.41, 5.74) is 3.39. The lowest BCUT2D eigenvalue weighted by Gasteiger charge is -2.21. The van der Waals surface area contributed by atoms with Crippen LogP contribution >= 0.6 is 11.6 Å². The molecule has 1 N–H and O–H groups in total. The van der Waals surface area contributed by atoms with Crippen LogP contribution in [0.2, 0.25) is 5.02 Å². The van der Waals surface area contributed by atoms with Gasteiger partial charge in [0.2, 0.25) is 0 Å². The number of nitrogens with one attached hydrogen (secondary N) is 1. The van der Waals surface area contributed by atoms with Gasteiger partial charge in [0.05, 0.1) is 20.3 Å². The molecular formula is C17H20ClNO2. The summed E-state index contributed by atoms with van der Waals surface area (Å²) < 4.78 is 10.7. The van der Waals surface area contributed by atoms with Gasteiger partial charge in [-0.3, -0.25) is 0 Å². The van der Waals surface area contributed by atoms with Gasteiger partial charge in [-0.15, -0.1) is 0 Å². The fraction of sp³-hybridized carbons (Fsp3) is 0.294. The third-order valence-corrected chi connectivity index (χ3v) is 3.78. The van der Waals surface area contributed by atoms with Crippen LogP contribution in [0.15, 0.2) is 36.4 Å². The first kappa shape index (κ1) is 15.7. The Hall–Kier alpha value is -1.71. The van der Waals surface area contributed by atoms with Crippen LogP contribution < -0.4 is 14.8 Å². The highest BCUT2D eigenvalue weighted by atomic mass is 35.5. The van der Waals surface area contributed by atoms with E-state index in [4.69, 9.17) is 21.1 Å². The molecule has 0 amide bonds. The molecule has 0 fully saturated rings. The molecule has 2 rings (SSSR count). The molecule has 0 saturated heterocycles. The van der Waals surface area contributed by atoms with Gasteiger partial charge < -0.3 is 14.8 Å². The highest BCUT2D eigenvalue weighted by Crippen LogP contribution is 2.32. The van der Waals surface area contributed by atoms with Gasteiger partial charge in [-0.1, -0.05) is 17.7 Å². The molecule has 1 unspecified atom stereocenters. The molecule has 0 aliphatic carbocycles. The Kier molecular flexibility index (Phi) is 5.10. The Balaban J connectivity index is 2.52. The van der Waals surface area contributed by atoms with Crippen LogP contribution in [0.5, 0.6) is 11.5 Å². The lowest BCUT2D eigenvalue weighted by molar-refractivity contribution is 0.392. The van der Waals surface area contributed by atoms with Crippen molar-refractivity contribution in [2.24, 2.45) is 0 Å². The van der Waals surface area contributed by atoms with Crippen molar-refractivity contribution in [1.82, 2.24) is 5.32 Å². The minimum Gasteiger partial charge on any atom is -0.497 e. The number of halogens is 1. The molecule has 0 bridgehead atoms. The molecule has 0 aliphatic heterocycles. The molecule has 0 heterocycles. The summed E-state index contributed by atoms with van der Waals surface area (Å²) in [5, 5.41) is 4.06. The molecule has 4 heteroatoms. The molecule has 0 saturated carbocycles. The quantitative estimate of drug-likeness (QED) is 0.906. The maximum Gasteiger partial charge on any atom is 0.122 e. The largest absolute Gasteiger partial charge is 0.497 e. The number of hydrogen-bond donors (Lipinski definition) is 1. The van der Waals surface area contributed by atoms with Gasteiger partial charge in [0, 0.05) is 11.1 Å². The van der Waals surface area contributed by atoms with E-state index in [-0.39, 0.29) is 6.04 Å². The number of benzene rings is 2. The Morgan fingerprint density at radius 2 is 1.62 bits per heavy atom. The monoisotopic (exact) mass is 305 g/mol. The Bertz CT molecular complexity index is 606. The maximum atomic E-state index is 6.15. The van der Waals surface area contributed by atoms with Crippen LogP contribution in [0.4, 0.5) is 0 Å². The smallest absolute Gasteiger partial charge is 0.122 e. The number of ether oxygens (including phenoxy) is 2. The van der Waals surface area contributed by atoms with Crippen molar-refractivity contribution in [3.05, 3.63) is 58.1 Å². The maximum absolute atomic E-state index is 6.15. The summed E-state index contributed by atoms with van der Waals surface area (Å²) in [7, 11) is 5.23. The van der Waals surface area contributed by atoms with Crippen LogP contribution in [-0.2, 0) is 0 Å². The highest BCUT2D eigenvalue weighted by Gasteiger charge is 2.16. The number of methoxy groups -OCH3 is 2. The Morgan fingerprint density at radius 3 is 2.14 bits per heavy atom. The predicted octanol–water partition coefficient (Wildman–Crippen LogP) is 3.97. The summed E-state index contributed by atoms with van der Waals surface area (Å²) in [6.07, 6.45) is 0. The van der Waals surface area contributed by atoms with Crippen LogP contribution in [0.25, 0.3) is 0 Å². The second-order valence-electron chi connectivity index (χ2n) is 4.87. The first-order valence-corrected chi connectivity index (χ1v) is 7.13. The molecule has 21 heavy (non-hydrogen) atoms. The third kappa shape index (κ3) is 3.49. The zero-order valence-electron chi connectivity index (χ0n) is 12.7. The molecule has 0 aromatic heterocycles. The van der Waals surface area contributed by atoms with E-state index in [2.05, 4.69) is 12.2 Å². The molecular weight excluding hydrogens is 286 g/mol. The molecule has 3 nitrogen and oxygen atoms in total. The van der Waals surface area contributed by atoms with Gasteiger partial charge in [-0.2, -0.15) is 0 Å². The molecule has 1 atom stereocenters. The minimum atomic E-state index is 0.0210. The van der Waals surface area contributed by atoms with Crippen LogP contribution in [0, 0.1) is 6.92 Å². The zero-order chi connectivity index (χ0) is 15.4. The van der Waals surface area contributed by atoms with Gasteiger partial charge in [-0.25, -0.2) is 0 Å². The first-order chi connectivity index (χ1) is 10.1. The van der Waals surface area contributed by atoms with Gasteiger partial charge in [0.1, 0.15) is 11.5 Å². The van der Waals surface area contributed by atoms with E-state index in [1.807, 2.05) is 43.4 Å². The van der Waals surface area contributed by atoms with Crippen molar-refractivity contribution in [1.29, 1.82) is 0 Å². The number of hydrogen-bond acceptors (Lipinski definition) is 3. The van der Waals surface area contributed by atoms with E-state index in [1.54, 1.807) is 14.2 Å². The van der Waals surface area contributed by atoms with Crippen LogP contribution in [0.3, 0.4) is 0 Å². The van der Waals surface area contributed by atoms with E-state index in [0.29, 0.717) is 0 Å².